The second kappa shape index (κ2) is 3.20. The van der Waals surface area contributed by atoms with Crippen LogP contribution in [-0.4, -0.2) is 39.6 Å². The molecule has 15 heavy (non-hydrogen) atoms. The Balaban J connectivity index is 2.28. The number of fused-ring (bicyclic) bond motifs is 1. The van der Waals surface area contributed by atoms with Gasteiger partial charge in [-0.1, -0.05) is 6.08 Å². The van der Waals surface area contributed by atoms with Crippen LogP contribution in [0, 0.1) is 0 Å². The molecule has 1 fully saturated rings. The van der Waals surface area contributed by atoms with Crippen molar-refractivity contribution < 1.29 is 19.8 Å². The van der Waals surface area contributed by atoms with E-state index in [0.717, 1.165) is 0 Å². The monoisotopic (exact) mass is 209 g/mol. The lowest BCUT2D eigenvalue weighted by Gasteiger charge is -2.39. The number of amides is 1. The molecule has 0 aliphatic carbocycles. The topological polar surface area (TPSA) is 77.8 Å². The molecule has 2 aliphatic rings. The van der Waals surface area contributed by atoms with Crippen LogP contribution in [0.25, 0.3) is 0 Å². The van der Waals surface area contributed by atoms with Crippen molar-refractivity contribution in [3.05, 3.63) is 22.9 Å². The number of aliphatic hydroxyl groups is 1. The van der Waals surface area contributed by atoms with Crippen LogP contribution in [0.15, 0.2) is 22.9 Å². The fraction of sp³-hybridized carbons (Fsp3) is 0.400. The molecular weight excluding hydrogens is 198 g/mol. The summed E-state index contributed by atoms with van der Waals surface area (Å²) in [5.41, 5.74) is 1.24. The Morgan fingerprint density at radius 3 is 2.87 bits per heavy atom. The molecule has 2 rings (SSSR count). The average molecular weight is 209 g/mol. The summed E-state index contributed by atoms with van der Waals surface area (Å²) in [4.78, 5) is 23.6. The van der Waals surface area contributed by atoms with Crippen molar-refractivity contribution in [1.29, 1.82) is 0 Å². The molecule has 2 N–H and O–H groups in total. The third-order valence-corrected chi connectivity index (χ3v) is 2.80. The molecule has 0 aromatic rings. The van der Waals surface area contributed by atoms with Gasteiger partial charge < -0.3 is 10.2 Å². The van der Waals surface area contributed by atoms with Crippen molar-refractivity contribution in [2.45, 2.75) is 19.4 Å². The van der Waals surface area contributed by atoms with E-state index in [1.807, 2.05) is 0 Å². The zero-order chi connectivity index (χ0) is 11.2. The molecule has 1 unspecified atom stereocenters. The maximum atomic E-state index is 11.6. The normalized spacial score (nSPS) is 27.1. The van der Waals surface area contributed by atoms with Crippen molar-refractivity contribution in [2.24, 2.45) is 0 Å². The van der Waals surface area contributed by atoms with Crippen molar-refractivity contribution in [2.75, 3.05) is 6.61 Å². The van der Waals surface area contributed by atoms with E-state index in [0.29, 0.717) is 17.6 Å². The first-order valence-electron chi connectivity index (χ1n) is 4.65. The van der Waals surface area contributed by atoms with Crippen LogP contribution in [0.2, 0.25) is 0 Å². The van der Waals surface area contributed by atoms with Crippen molar-refractivity contribution in [3.63, 3.8) is 0 Å². The molecule has 1 amide bonds. The number of nitrogens with zero attached hydrogens (tertiary/aromatic N) is 1. The van der Waals surface area contributed by atoms with Crippen LogP contribution in [0.4, 0.5) is 0 Å². The number of hydrogen-bond donors (Lipinski definition) is 2. The van der Waals surface area contributed by atoms with Gasteiger partial charge in [0.25, 0.3) is 5.91 Å². The van der Waals surface area contributed by atoms with Crippen molar-refractivity contribution in [1.82, 2.24) is 4.90 Å². The number of rotatable bonds is 2. The summed E-state index contributed by atoms with van der Waals surface area (Å²) in [7, 11) is 0. The minimum atomic E-state index is -1.08. The lowest BCUT2D eigenvalue weighted by atomic mass is 9.90. The van der Waals surface area contributed by atoms with E-state index in [9.17, 15) is 9.59 Å². The molecular formula is C10H11NO4. The molecule has 0 aromatic carbocycles. The predicted octanol–water partition coefficient (Wildman–Crippen LogP) is -0.122. The molecule has 1 atom stereocenters. The van der Waals surface area contributed by atoms with Crippen LogP contribution in [0.1, 0.15) is 13.3 Å². The van der Waals surface area contributed by atoms with E-state index in [2.05, 4.69) is 0 Å². The van der Waals surface area contributed by atoms with Gasteiger partial charge in [-0.3, -0.25) is 9.69 Å². The number of carbonyl (C=O) groups is 2. The molecule has 2 aliphatic heterocycles. The third kappa shape index (κ3) is 1.20. The number of aliphatic hydroxyl groups excluding tert-OH is 1. The predicted molar refractivity (Wildman–Crippen MR) is 50.8 cm³/mol. The maximum Gasteiger partial charge on any atom is 0.352 e. The van der Waals surface area contributed by atoms with Gasteiger partial charge in [-0.15, -0.1) is 0 Å². The first-order valence-corrected chi connectivity index (χ1v) is 4.65. The fourth-order valence-electron chi connectivity index (χ4n) is 2.04. The lowest BCUT2D eigenvalue weighted by Crippen LogP contribution is -2.53. The first-order chi connectivity index (χ1) is 7.07. The summed E-state index contributed by atoms with van der Waals surface area (Å²) in [5, 5.41) is 17.7. The summed E-state index contributed by atoms with van der Waals surface area (Å²) >= 11 is 0. The van der Waals surface area contributed by atoms with Gasteiger partial charge in [-0.05, 0) is 18.9 Å². The van der Waals surface area contributed by atoms with Crippen LogP contribution in [0.3, 0.4) is 0 Å². The Bertz CT molecular complexity index is 408. The van der Waals surface area contributed by atoms with E-state index < -0.39 is 5.97 Å². The summed E-state index contributed by atoms with van der Waals surface area (Å²) in [6.45, 7) is 1.52. The Kier molecular flexibility index (Phi) is 2.12. The van der Waals surface area contributed by atoms with Crippen molar-refractivity contribution >= 4 is 11.9 Å². The van der Waals surface area contributed by atoms with Crippen LogP contribution in [-0.2, 0) is 9.59 Å². The lowest BCUT2D eigenvalue weighted by molar-refractivity contribution is -0.142. The number of carboxylic acid groups (broad SMARTS) is 1. The highest BCUT2D eigenvalue weighted by Gasteiger charge is 2.49. The van der Waals surface area contributed by atoms with Gasteiger partial charge in [0.15, 0.2) is 0 Å². The Hall–Kier alpha value is -1.62. The molecule has 0 spiro atoms. The summed E-state index contributed by atoms with van der Waals surface area (Å²) < 4.78 is 0. The highest BCUT2D eigenvalue weighted by atomic mass is 16.4. The zero-order valence-electron chi connectivity index (χ0n) is 8.23. The minimum Gasteiger partial charge on any atom is -0.477 e. The molecule has 2 heterocycles. The maximum absolute atomic E-state index is 11.6. The first kappa shape index (κ1) is 9.92. The third-order valence-electron chi connectivity index (χ3n) is 2.80. The van der Waals surface area contributed by atoms with Crippen LogP contribution >= 0.6 is 0 Å². The van der Waals surface area contributed by atoms with Gasteiger partial charge in [0.1, 0.15) is 5.70 Å². The largest absolute Gasteiger partial charge is 0.477 e. The van der Waals surface area contributed by atoms with Gasteiger partial charge in [-0.2, -0.15) is 0 Å². The highest BCUT2D eigenvalue weighted by molar-refractivity contribution is 6.08. The highest BCUT2D eigenvalue weighted by Crippen LogP contribution is 2.39. The molecule has 0 aromatic heterocycles. The Morgan fingerprint density at radius 1 is 1.67 bits per heavy atom. The van der Waals surface area contributed by atoms with Gasteiger partial charge >= 0.3 is 5.97 Å². The molecule has 0 bridgehead atoms. The van der Waals surface area contributed by atoms with E-state index in [4.69, 9.17) is 10.2 Å². The minimum absolute atomic E-state index is 0.0551. The smallest absolute Gasteiger partial charge is 0.352 e. The van der Waals surface area contributed by atoms with E-state index in [-0.39, 0.29) is 24.3 Å². The number of β-lactam (4-membered cyclic amide) rings is 1. The molecule has 5 nitrogen and oxygen atoms in total. The number of aliphatic carboxylic acids is 1. The van der Waals surface area contributed by atoms with Gasteiger partial charge in [-0.25, -0.2) is 4.79 Å². The second-order valence-corrected chi connectivity index (χ2v) is 3.67. The second-order valence-electron chi connectivity index (χ2n) is 3.67. The number of carboxylic acids is 1. The van der Waals surface area contributed by atoms with Crippen molar-refractivity contribution in [3.8, 4) is 0 Å². The van der Waals surface area contributed by atoms with Crippen LogP contribution < -0.4 is 0 Å². The summed E-state index contributed by atoms with van der Waals surface area (Å²) in [5.74, 6) is -1.37. The van der Waals surface area contributed by atoms with E-state index in [1.54, 1.807) is 13.0 Å². The van der Waals surface area contributed by atoms with Gasteiger partial charge in [0, 0.05) is 5.57 Å². The molecule has 1 saturated heterocycles. The molecule has 0 saturated carbocycles. The Labute approximate surface area is 86.3 Å². The van der Waals surface area contributed by atoms with Crippen LogP contribution in [0.5, 0.6) is 0 Å². The summed E-state index contributed by atoms with van der Waals surface area (Å²) in [6.07, 6.45) is 2.07. The molecule has 5 heteroatoms. The van der Waals surface area contributed by atoms with E-state index >= 15 is 0 Å². The SMILES string of the molecule is CC(CO)=C1C(=O)N2C(C(=O)O)=CCC12. The van der Waals surface area contributed by atoms with Gasteiger partial charge in [0.05, 0.1) is 12.6 Å². The fourth-order valence-corrected chi connectivity index (χ4v) is 2.04. The van der Waals surface area contributed by atoms with Gasteiger partial charge in [0.2, 0.25) is 0 Å². The standard InChI is InChI=1S/C10H11NO4/c1-5(4-12)8-6-2-3-7(10(14)15)11(6)9(8)13/h3,6,12H,2,4H2,1H3,(H,14,15). The number of hydrogen-bond acceptors (Lipinski definition) is 3. The van der Waals surface area contributed by atoms with E-state index in [1.165, 1.54) is 4.90 Å². The molecule has 80 valence electrons. The summed E-state index contributed by atoms with van der Waals surface area (Å²) in [6, 6.07) is -0.171. The quantitative estimate of drug-likeness (QED) is 0.491. The number of carbonyl (C=O) groups excluding carboxylic acids is 1. The average Bonchev–Trinajstić information content (AvgIpc) is 2.57. The Morgan fingerprint density at radius 2 is 2.33 bits per heavy atom. The molecule has 0 radical (unpaired) electrons. The zero-order valence-corrected chi connectivity index (χ0v) is 8.23.